The number of carbonyl (C=O) groups excluding carboxylic acids is 3. The summed E-state index contributed by atoms with van der Waals surface area (Å²) in [5, 5.41) is 6.00. The maximum atomic E-state index is 14.3. The van der Waals surface area contributed by atoms with E-state index in [9.17, 15) is 18.8 Å². The summed E-state index contributed by atoms with van der Waals surface area (Å²) < 4.78 is 14.3. The first kappa shape index (κ1) is 25.2. The van der Waals surface area contributed by atoms with Gasteiger partial charge in [-0.15, -0.1) is 11.8 Å². The van der Waals surface area contributed by atoms with Crippen molar-refractivity contribution in [3.05, 3.63) is 29.1 Å². The fourth-order valence-corrected chi connectivity index (χ4v) is 6.39. The quantitative estimate of drug-likeness (QED) is 0.271. The minimum absolute atomic E-state index is 0.211. The number of piperidine rings is 1. The van der Waals surface area contributed by atoms with Crippen LogP contribution in [0.25, 0.3) is 0 Å². The average molecular weight is 490 g/mol. The SMILES string of the molecule is O=C1CCC(N2Cc3c(SCCCCCCCNC4CCCCC4)cc(F)cc3C2=O)C(=O)N1. The van der Waals surface area contributed by atoms with Crippen LogP contribution in [0.3, 0.4) is 0 Å². The summed E-state index contributed by atoms with van der Waals surface area (Å²) in [6.45, 7) is 1.41. The Balaban J connectivity index is 1.19. The summed E-state index contributed by atoms with van der Waals surface area (Å²) in [7, 11) is 0. The van der Waals surface area contributed by atoms with Crippen LogP contribution in [-0.4, -0.2) is 47.0 Å². The van der Waals surface area contributed by atoms with E-state index in [1.807, 2.05) is 0 Å². The maximum absolute atomic E-state index is 14.3. The zero-order chi connectivity index (χ0) is 23.9. The third-order valence-electron chi connectivity index (χ3n) is 7.20. The molecule has 1 aromatic carbocycles. The minimum atomic E-state index is -0.675. The van der Waals surface area contributed by atoms with E-state index in [1.165, 1.54) is 68.4 Å². The van der Waals surface area contributed by atoms with E-state index in [2.05, 4.69) is 10.6 Å². The lowest BCUT2D eigenvalue weighted by Gasteiger charge is -2.29. The molecule has 0 radical (unpaired) electrons. The standard InChI is InChI=1S/C26H36FN3O3S/c27-18-15-20-21(17-30(26(20)33)22-11-12-24(31)29-25(22)32)23(16-18)34-14-8-3-1-2-7-13-28-19-9-5-4-6-10-19/h15-16,19,22,28H,1-14,17H2,(H,29,31,32). The van der Waals surface area contributed by atoms with Gasteiger partial charge in [-0.05, 0) is 62.1 Å². The number of thioether (sulfide) groups is 1. The first-order valence-corrected chi connectivity index (χ1v) is 13.8. The molecule has 0 spiro atoms. The molecule has 1 saturated carbocycles. The van der Waals surface area contributed by atoms with Gasteiger partial charge in [-0.1, -0.05) is 38.5 Å². The lowest BCUT2D eigenvalue weighted by atomic mass is 9.95. The van der Waals surface area contributed by atoms with Crippen LogP contribution >= 0.6 is 11.8 Å². The first-order valence-electron chi connectivity index (χ1n) is 12.9. The summed E-state index contributed by atoms with van der Waals surface area (Å²) in [6.07, 6.45) is 13.2. The number of carbonyl (C=O) groups is 3. The minimum Gasteiger partial charge on any atom is -0.322 e. The predicted octanol–water partition coefficient (Wildman–Crippen LogP) is 4.55. The number of rotatable bonds is 11. The molecule has 0 aromatic heterocycles. The molecule has 1 aliphatic carbocycles. The Morgan fingerprint density at radius 2 is 1.76 bits per heavy atom. The fraction of sp³-hybridized carbons (Fsp3) is 0.654. The number of halogens is 1. The molecule has 1 atom stereocenters. The van der Waals surface area contributed by atoms with Gasteiger partial charge in [0.25, 0.3) is 5.91 Å². The number of hydrogen-bond donors (Lipinski definition) is 2. The molecule has 8 heteroatoms. The largest absolute Gasteiger partial charge is 0.322 e. The van der Waals surface area contributed by atoms with E-state index in [4.69, 9.17) is 0 Å². The van der Waals surface area contributed by atoms with Crippen molar-refractivity contribution in [3.63, 3.8) is 0 Å². The fourth-order valence-electron chi connectivity index (χ4n) is 5.27. The highest BCUT2D eigenvalue weighted by atomic mass is 32.2. The molecular weight excluding hydrogens is 453 g/mol. The Bertz CT molecular complexity index is 904. The van der Waals surface area contributed by atoms with Crippen LogP contribution in [0.1, 0.15) is 93.0 Å². The van der Waals surface area contributed by atoms with Gasteiger partial charge in [-0.2, -0.15) is 0 Å². The third-order valence-corrected chi connectivity index (χ3v) is 8.36. The molecule has 3 amide bonds. The van der Waals surface area contributed by atoms with Gasteiger partial charge in [-0.25, -0.2) is 4.39 Å². The highest BCUT2D eigenvalue weighted by Gasteiger charge is 2.40. The molecule has 2 fully saturated rings. The molecule has 186 valence electrons. The zero-order valence-corrected chi connectivity index (χ0v) is 20.7. The van der Waals surface area contributed by atoms with Crippen LogP contribution in [0.15, 0.2) is 17.0 Å². The van der Waals surface area contributed by atoms with Gasteiger partial charge in [0.05, 0.1) is 0 Å². The van der Waals surface area contributed by atoms with Crippen LogP contribution in [0.2, 0.25) is 0 Å². The van der Waals surface area contributed by atoms with Crippen LogP contribution in [0.5, 0.6) is 0 Å². The van der Waals surface area contributed by atoms with E-state index in [0.29, 0.717) is 12.0 Å². The molecule has 3 aliphatic rings. The van der Waals surface area contributed by atoms with Crippen LogP contribution < -0.4 is 10.6 Å². The Morgan fingerprint density at radius 3 is 2.56 bits per heavy atom. The summed E-state index contributed by atoms with van der Waals surface area (Å²) >= 11 is 1.59. The van der Waals surface area contributed by atoms with Crippen molar-refractivity contribution in [1.29, 1.82) is 0 Å². The van der Waals surface area contributed by atoms with Crippen LogP contribution in [0.4, 0.5) is 4.39 Å². The maximum Gasteiger partial charge on any atom is 0.255 e. The first-order chi connectivity index (χ1) is 16.5. The van der Waals surface area contributed by atoms with E-state index >= 15 is 0 Å². The third kappa shape index (κ3) is 6.39. The van der Waals surface area contributed by atoms with Crippen molar-refractivity contribution >= 4 is 29.5 Å². The Hall–Kier alpha value is -1.93. The summed E-state index contributed by atoms with van der Waals surface area (Å²) in [6, 6.07) is 2.83. The molecule has 4 rings (SSSR count). The molecule has 1 aromatic rings. The Morgan fingerprint density at radius 1 is 1.00 bits per heavy atom. The van der Waals surface area contributed by atoms with Crippen molar-refractivity contribution in [2.75, 3.05) is 12.3 Å². The average Bonchev–Trinajstić information content (AvgIpc) is 3.14. The van der Waals surface area contributed by atoms with Crippen LogP contribution in [0, 0.1) is 5.82 Å². The van der Waals surface area contributed by atoms with Crippen molar-refractivity contribution in [2.45, 2.75) is 101 Å². The number of fused-ring (bicyclic) bond motifs is 1. The number of imide groups is 1. The van der Waals surface area contributed by atoms with E-state index in [1.54, 1.807) is 11.8 Å². The van der Waals surface area contributed by atoms with Gasteiger partial charge in [0.2, 0.25) is 11.8 Å². The topological polar surface area (TPSA) is 78.5 Å². The smallest absolute Gasteiger partial charge is 0.255 e. The summed E-state index contributed by atoms with van der Waals surface area (Å²) in [5.74, 6) is -0.630. The molecule has 0 bridgehead atoms. The number of benzene rings is 1. The lowest BCUT2D eigenvalue weighted by Crippen LogP contribution is -2.52. The van der Waals surface area contributed by atoms with E-state index in [0.717, 1.165) is 41.6 Å². The predicted molar refractivity (Wildman–Crippen MR) is 131 cm³/mol. The normalized spacial score (nSPS) is 21.1. The second kappa shape index (κ2) is 12.2. The van der Waals surface area contributed by atoms with Crippen molar-refractivity contribution < 1.29 is 18.8 Å². The Labute approximate surface area is 205 Å². The van der Waals surface area contributed by atoms with Gasteiger partial charge in [0, 0.05) is 29.5 Å². The van der Waals surface area contributed by atoms with Gasteiger partial charge in [-0.3, -0.25) is 19.7 Å². The highest BCUT2D eigenvalue weighted by Crippen LogP contribution is 2.35. The van der Waals surface area contributed by atoms with Gasteiger partial charge in [0.15, 0.2) is 0 Å². The molecule has 34 heavy (non-hydrogen) atoms. The molecule has 2 heterocycles. The molecule has 1 unspecified atom stereocenters. The van der Waals surface area contributed by atoms with Gasteiger partial charge in [0.1, 0.15) is 11.9 Å². The molecular formula is C26H36FN3O3S. The number of amides is 3. The van der Waals surface area contributed by atoms with E-state index < -0.39 is 17.8 Å². The monoisotopic (exact) mass is 489 g/mol. The van der Waals surface area contributed by atoms with Crippen molar-refractivity contribution in [1.82, 2.24) is 15.5 Å². The van der Waals surface area contributed by atoms with Crippen molar-refractivity contribution in [3.8, 4) is 0 Å². The van der Waals surface area contributed by atoms with Gasteiger partial charge >= 0.3 is 0 Å². The molecule has 6 nitrogen and oxygen atoms in total. The van der Waals surface area contributed by atoms with E-state index in [-0.39, 0.29) is 24.8 Å². The number of hydrogen-bond acceptors (Lipinski definition) is 5. The van der Waals surface area contributed by atoms with Gasteiger partial charge < -0.3 is 10.2 Å². The second-order valence-electron chi connectivity index (χ2n) is 9.74. The molecule has 1 saturated heterocycles. The number of unbranched alkanes of at least 4 members (excludes halogenated alkanes) is 4. The van der Waals surface area contributed by atoms with Crippen LogP contribution in [-0.2, 0) is 16.1 Å². The summed E-state index contributed by atoms with van der Waals surface area (Å²) in [4.78, 5) is 38.9. The zero-order valence-electron chi connectivity index (χ0n) is 19.9. The Kier molecular flexibility index (Phi) is 9.00. The molecule has 2 aliphatic heterocycles. The van der Waals surface area contributed by atoms with Crippen molar-refractivity contribution in [2.24, 2.45) is 0 Å². The number of nitrogens with one attached hydrogen (secondary N) is 2. The highest BCUT2D eigenvalue weighted by molar-refractivity contribution is 7.99. The summed E-state index contributed by atoms with van der Waals surface area (Å²) in [5.41, 5.74) is 1.15. The second-order valence-corrected chi connectivity index (χ2v) is 10.9. The number of nitrogens with zero attached hydrogens (tertiary/aromatic N) is 1. The molecule has 2 N–H and O–H groups in total. The lowest BCUT2D eigenvalue weighted by molar-refractivity contribution is -0.136.